The standard InChI is InChI=1S/C14H28N2O/c1-14(2)6-3-5-12(13(14)15)11-16-7-4-9-17-10-8-16/h12-13H,3-11,15H2,1-2H3. The molecule has 1 heterocycles. The lowest BCUT2D eigenvalue weighted by Gasteiger charge is -2.43. The van der Waals surface area contributed by atoms with E-state index < -0.39 is 0 Å². The third-order valence-electron chi connectivity index (χ3n) is 4.61. The maximum atomic E-state index is 6.46. The van der Waals surface area contributed by atoms with E-state index in [-0.39, 0.29) is 0 Å². The molecule has 1 aliphatic heterocycles. The average Bonchev–Trinajstić information content (AvgIpc) is 2.53. The van der Waals surface area contributed by atoms with Crippen LogP contribution in [0.2, 0.25) is 0 Å². The van der Waals surface area contributed by atoms with Crippen molar-refractivity contribution in [2.75, 3.05) is 32.8 Å². The minimum atomic E-state index is 0.325. The molecule has 0 aromatic carbocycles. The topological polar surface area (TPSA) is 38.5 Å². The van der Waals surface area contributed by atoms with E-state index in [0.29, 0.717) is 17.4 Å². The van der Waals surface area contributed by atoms with Crippen LogP contribution in [0.15, 0.2) is 0 Å². The highest BCUT2D eigenvalue weighted by atomic mass is 16.5. The lowest BCUT2D eigenvalue weighted by atomic mass is 9.68. The highest BCUT2D eigenvalue weighted by Gasteiger charge is 2.36. The van der Waals surface area contributed by atoms with E-state index in [1.165, 1.54) is 38.8 Å². The zero-order chi connectivity index (χ0) is 12.3. The van der Waals surface area contributed by atoms with Crippen molar-refractivity contribution >= 4 is 0 Å². The van der Waals surface area contributed by atoms with Gasteiger partial charge in [-0.05, 0) is 30.6 Å². The van der Waals surface area contributed by atoms with E-state index >= 15 is 0 Å². The van der Waals surface area contributed by atoms with Crippen LogP contribution in [0.5, 0.6) is 0 Å². The van der Waals surface area contributed by atoms with E-state index in [4.69, 9.17) is 10.5 Å². The van der Waals surface area contributed by atoms with Crippen molar-refractivity contribution < 1.29 is 4.74 Å². The first-order valence-corrected chi connectivity index (χ1v) is 7.15. The normalized spacial score (nSPS) is 35.5. The van der Waals surface area contributed by atoms with Crippen molar-refractivity contribution in [2.45, 2.75) is 45.6 Å². The molecule has 2 fully saturated rings. The smallest absolute Gasteiger partial charge is 0.0593 e. The predicted octanol–water partition coefficient (Wildman–Crippen LogP) is 1.86. The van der Waals surface area contributed by atoms with Gasteiger partial charge in [0, 0.05) is 32.3 Å². The highest BCUT2D eigenvalue weighted by Crippen LogP contribution is 2.38. The molecule has 0 amide bonds. The summed E-state index contributed by atoms with van der Waals surface area (Å²) in [6, 6.07) is 0.362. The number of nitrogens with two attached hydrogens (primary N) is 1. The fourth-order valence-corrected chi connectivity index (χ4v) is 3.32. The van der Waals surface area contributed by atoms with E-state index in [2.05, 4.69) is 18.7 Å². The first-order chi connectivity index (χ1) is 8.09. The van der Waals surface area contributed by atoms with Gasteiger partial charge in [-0.25, -0.2) is 0 Å². The molecule has 3 nitrogen and oxygen atoms in total. The van der Waals surface area contributed by atoms with Gasteiger partial charge in [0.2, 0.25) is 0 Å². The second-order valence-corrected chi connectivity index (χ2v) is 6.43. The molecule has 1 saturated carbocycles. The molecule has 0 aromatic heterocycles. The lowest BCUT2D eigenvalue weighted by molar-refractivity contribution is 0.0966. The third-order valence-corrected chi connectivity index (χ3v) is 4.61. The van der Waals surface area contributed by atoms with E-state index in [1.807, 2.05) is 0 Å². The Bertz CT molecular complexity index is 234. The Labute approximate surface area is 106 Å². The van der Waals surface area contributed by atoms with Gasteiger partial charge in [-0.15, -0.1) is 0 Å². The first kappa shape index (κ1) is 13.3. The number of nitrogens with zero attached hydrogens (tertiary/aromatic N) is 1. The van der Waals surface area contributed by atoms with Crippen molar-refractivity contribution in [3.8, 4) is 0 Å². The molecular weight excluding hydrogens is 212 g/mol. The fraction of sp³-hybridized carbons (Fsp3) is 1.00. The largest absolute Gasteiger partial charge is 0.380 e. The molecule has 3 heteroatoms. The van der Waals surface area contributed by atoms with Gasteiger partial charge in [0.05, 0.1) is 6.61 Å². The summed E-state index contributed by atoms with van der Waals surface area (Å²) in [7, 11) is 0. The van der Waals surface area contributed by atoms with Gasteiger partial charge in [0.25, 0.3) is 0 Å². The molecular formula is C14H28N2O. The molecule has 1 aliphatic carbocycles. The quantitative estimate of drug-likeness (QED) is 0.801. The van der Waals surface area contributed by atoms with Gasteiger partial charge in [-0.1, -0.05) is 20.3 Å². The monoisotopic (exact) mass is 240 g/mol. The lowest BCUT2D eigenvalue weighted by Crippen LogP contribution is -2.50. The predicted molar refractivity (Wildman–Crippen MR) is 71.0 cm³/mol. The molecule has 0 bridgehead atoms. The zero-order valence-corrected chi connectivity index (χ0v) is 11.5. The Morgan fingerprint density at radius 3 is 2.88 bits per heavy atom. The molecule has 2 atom stereocenters. The summed E-state index contributed by atoms with van der Waals surface area (Å²) in [4.78, 5) is 2.55. The van der Waals surface area contributed by atoms with Crippen molar-refractivity contribution in [1.29, 1.82) is 0 Å². The third kappa shape index (κ3) is 3.43. The Morgan fingerprint density at radius 2 is 2.06 bits per heavy atom. The molecule has 0 aromatic rings. The van der Waals surface area contributed by atoms with Crippen LogP contribution in [0.4, 0.5) is 0 Å². The molecule has 2 aliphatic rings. The maximum Gasteiger partial charge on any atom is 0.0593 e. The summed E-state index contributed by atoms with van der Waals surface area (Å²) in [5, 5.41) is 0. The molecule has 100 valence electrons. The zero-order valence-electron chi connectivity index (χ0n) is 11.5. The highest BCUT2D eigenvalue weighted by molar-refractivity contribution is 4.92. The number of rotatable bonds is 2. The summed E-state index contributed by atoms with van der Waals surface area (Å²) in [6.45, 7) is 9.93. The van der Waals surface area contributed by atoms with Crippen LogP contribution in [0.3, 0.4) is 0 Å². The molecule has 0 spiro atoms. The maximum absolute atomic E-state index is 6.46. The van der Waals surface area contributed by atoms with Crippen LogP contribution < -0.4 is 5.73 Å². The van der Waals surface area contributed by atoms with E-state index in [9.17, 15) is 0 Å². The van der Waals surface area contributed by atoms with Crippen LogP contribution in [-0.2, 0) is 4.74 Å². The summed E-state index contributed by atoms with van der Waals surface area (Å²) in [5.41, 5.74) is 6.78. The average molecular weight is 240 g/mol. The van der Waals surface area contributed by atoms with Crippen molar-refractivity contribution in [2.24, 2.45) is 17.1 Å². The van der Waals surface area contributed by atoms with Crippen molar-refractivity contribution in [1.82, 2.24) is 4.90 Å². The van der Waals surface area contributed by atoms with Crippen LogP contribution in [0, 0.1) is 11.3 Å². The van der Waals surface area contributed by atoms with E-state index in [1.54, 1.807) is 0 Å². The van der Waals surface area contributed by atoms with Crippen LogP contribution in [0.1, 0.15) is 39.5 Å². The fourth-order valence-electron chi connectivity index (χ4n) is 3.32. The second kappa shape index (κ2) is 5.68. The first-order valence-electron chi connectivity index (χ1n) is 7.15. The minimum absolute atomic E-state index is 0.325. The molecule has 2 unspecified atom stereocenters. The van der Waals surface area contributed by atoms with Crippen molar-refractivity contribution in [3.63, 3.8) is 0 Å². The van der Waals surface area contributed by atoms with Gasteiger partial charge in [0.15, 0.2) is 0 Å². The van der Waals surface area contributed by atoms with Crippen LogP contribution >= 0.6 is 0 Å². The summed E-state index contributed by atoms with van der Waals surface area (Å²) in [5.74, 6) is 0.678. The number of hydrogen-bond acceptors (Lipinski definition) is 3. The Balaban J connectivity index is 1.88. The Hall–Kier alpha value is -0.120. The summed E-state index contributed by atoms with van der Waals surface area (Å²) >= 11 is 0. The van der Waals surface area contributed by atoms with Crippen LogP contribution in [-0.4, -0.2) is 43.8 Å². The SMILES string of the molecule is CC1(C)CCCC(CN2CCCOCC2)C1N. The molecule has 1 saturated heterocycles. The minimum Gasteiger partial charge on any atom is -0.380 e. The Morgan fingerprint density at radius 1 is 1.24 bits per heavy atom. The van der Waals surface area contributed by atoms with E-state index in [0.717, 1.165) is 19.8 Å². The number of ether oxygens (including phenoxy) is 1. The van der Waals surface area contributed by atoms with Gasteiger partial charge >= 0.3 is 0 Å². The molecule has 0 radical (unpaired) electrons. The molecule has 2 N–H and O–H groups in total. The van der Waals surface area contributed by atoms with Crippen LogP contribution in [0.25, 0.3) is 0 Å². The second-order valence-electron chi connectivity index (χ2n) is 6.43. The van der Waals surface area contributed by atoms with Gasteiger partial charge in [-0.2, -0.15) is 0 Å². The molecule has 17 heavy (non-hydrogen) atoms. The number of hydrogen-bond donors (Lipinski definition) is 1. The Kier molecular flexibility index (Phi) is 4.45. The summed E-state index contributed by atoms with van der Waals surface area (Å²) < 4.78 is 5.51. The molecule has 2 rings (SSSR count). The van der Waals surface area contributed by atoms with Gasteiger partial charge in [0.1, 0.15) is 0 Å². The van der Waals surface area contributed by atoms with Gasteiger partial charge < -0.3 is 15.4 Å². The van der Waals surface area contributed by atoms with Crippen molar-refractivity contribution in [3.05, 3.63) is 0 Å². The summed E-state index contributed by atoms with van der Waals surface area (Å²) in [6.07, 6.45) is 5.11. The van der Waals surface area contributed by atoms with Gasteiger partial charge in [-0.3, -0.25) is 0 Å².